The first-order valence-electron chi connectivity index (χ1n) is 6.41. The molecule has 0 amide bonds. The fourth-order valence-electron chi connectivity index (χ4n) is 2.12. The van der Waals surface area contributed by atoms with E-state index >= 15 is 0 Å². The molecule has 2 rings (SSSR count). The number of aromatic carboxylic acids is 1. The minimum Gasteiger partial charge on any atom is -0.488 e. The minimum absolute atomic E-state index is 0.0222. The molecule has 0 fully saturated rings. The van der Waals surface area contributed by atoms with E-state index in [4.69, 9.17) is 4.74 Å². The SMILES string of the molecule is CCCC(C)Oc1cnc2ccccc2c1C(=O)O. The van der Waals surface area contributed by atoms with Gasteiger partial charge in [-0.2, -0.15) is 0 Å². The van der Waals surface area contributed by atoms with E-state index < -0.39 is 5.97 Å². The summed E-state index contributed by atoms with van der Waals surface area (Å²) in [7, 11) is 0. The molecule has 1 aromatic heterocycles. The number of pyridine rings is 1. The van der Waals surface area contributed by atoms with Crippen LogP contribution in [0.25, 0.3) is 10.9 Å². The van der Waals surface area contributed by atoms with Gasteiger partial charge in [0.15, 0.2) is 5.75 Å². The van der Waals surface area contributed by atoms with Gasteiger partial charge in [0.1, 0.15) is 5.56 Å². The number of ether oxygens (including phenoxy) is 1. The van der Waals surface area contributed by atoms with Crippen molar-refractivity contribution in [3.63, 3.8) is 0 Å². The van der Waals surface area contributed by atoms with Crippen LogP contribution in [0.5, 0.6) is 5.75 Å². The maximum atomic E-state index is 11.5. The summed E-state index contributed by atoms with van der Waals surface area (Å²) in [5, 5.41) is 10.0. The number of nitrogens with zero attached hydrogens (tertiary/aromatic N) is 1. The van der Waals surface area contributed by atoms with E-state index in [-0.39, 0.29) is 11.7 Å². The van der Waals surface area contributed by atoms with Gasteiger partial charge in [-0.05, 0) is 19.4 Å². The minimum atomic E-state index is -0.989. The second-order valence-electron chi connectivity index (χ2n) is 4.54. The summed E-state index contributed by atoms with van der Waals surface area (Å²) in [6.07, 6.45) is 3.35. The van der Waals surface area contributed by atoms with E-state index in [0.717, 1.165) is 12.8 Å². The number of carboxylic acid groups (broad SMARTS) is 1. The number of rotatable bonds is 5. The van der Waals surface area contributed by atoms with Crippen LogP contribution in [0.4, 0.5) is 0 Å². The quantitative estimate of drug-likeness (QED) is 0.892. The fourth-order valence-corrected chi connectivity index (χ4v) is 2.12. The van der Waals surface area contributed by atoms with Gasteiger partial charge >= 0.3 is 5.97 Å². The smallest absolute Gasteiger partial charge is 0.340 e. The molecule has 1 heterocycles. The Labute approximate surface area is 112 Å². The van der Waals surface area contributed by atoms with Crippen molar-refractivity contribution in [2.75, 3.05) is 0 Å². The summed E-state index contributed by atoms with van der Waals surface area (Å²) in [5.74, 6) is -0.649. The predicted molar refractivity (Wildman–Crippen MR) is 73.7 cm³/mol. The Hall–Kier alpha value is -2.10. The number of benzene rings is 1. The molecule has 1 atom stereocenters. The van der Waals surface area contributed by atoms with Crippen LogP contribution in [0.1, 0.15) is 37.0 Å². The van der Waals surface area contributed by atoms with Gasteiger partial charge in [-0.15, -0.1) is 0 Å². The van der Waals surface area contributed by atoms with Crippen LogP contribution in [0.2, 0.25) is 0 Å². The third-order valence-corrected chi connectivity index (χ3v) is 2.98. The summed E-state index contributed by atoms with van der Waals surface area (Å²) in [4.78, 5) is 15.7. The number of hydrogen-bond donors (Lipinski definition) is 1. The zero-order valence-corrected chi connectivity index (χ0v) is 11.1. The van der Waals surface area contributed by atoms with Gasteiger partial charge in [-0.1, -0.05) is 31.5 Å². The molecule has 1 N–H and O–H groups in total. The third-order valence-electron chi connectivity index (χ3n) is 2.98. The summed E-state index contributed by atoms with van der Waals surface area (Å²) < 4.78 is 5.71. The van der Waals surface area contributed by atoms with E-state index in [2.05, 4.69) is 11.9 Å². The molecule has 0 aliphatic carbocycles. The van der Waals surface area contributed by atoms with Gasteiger partial charge in [0, 0.05) is 5.39 Å². The van der Waals surface area contributed by atoms with Crippen LogP contribution in [-0.2, 0) is 0 Å². The number of carboxylic acids is 1. The second-order valence-corrected chi connectivity index (χ2v) is 4.54. The molecule has 2 aromatic rings. The van der Waals surface area contributed by atoms with Gasteiger partial charge in [0.05, 0.1) is 17.8 Å². The van der Waals surface area contributed by atoms with Crippen molar-refractivity contribution in [3.05, 3.63) is 36.0 Å². The first kappa shape index (κ1) is 13.3. The number of hydrogen-bond acceptors (Lipinski definition) is 3. The lowest BCUT2D eigenvalue weighted by molar-refractivity contribution is 0.0691. The average molecular weight is 259 g/mol. The lowest BCUT2D eigenvalue weighted by Gasteiger charge is -2.16. The van der Waals surface area contributed by atoms with Crippen LogP contribution >= 0.6 is 0 Å². The molecule has 4 heteroatoms. The van der Waals surface area contributed by atoms with Crippen molar-refractivity contribution in [2.24, 2.45) is 0 Å². The maximum Gasteiger partial charge on any atom is 0.340 e. The number of fused-ring (bicyclic) bond motifs is 1. The molecule has 0 aliphatic heterocycles. The summed E-state index contributed by atoms with van der Waals surface area (Å²) in [6, 6.07) is 7.18. The average Bonchev–Trinajstić information content (AvgIpc) is 2.38. The highest BCUT2D eigenvalue weighted by atomic mass is 16.5. The van der Waals surface area contributed by atoms with Crippen molar-refractivity contribution in [2.45, 2.75) is 32.8 Å². The Kier molecular flexibility index (Phi) is 4.00. The first-order valence-corrected chi connectivity index (χ1v) is 6.41. The summed E-state index contributed by atoms with van der Waals surface area (Å²) in [5.41, 5.74) is 0.851. The largest absolute Gasteiger partial charge is 0.488 e. The second kappa shape index (κ2) is 5.69. The van der Waals surface area contributed by atoms with E-state index in [0.29, 0.717) is 16.7 Å². The molecule has 1 aromatic carbocycles. The van der Waals surface area contributed by atoms with E-state index in [9.17, 15) is 9.90 Å². The Bertz CT molecular complexity index is 595. The van der Waals surface area contributed by atoms with Gasteiger partial charge < -0.3 is 9.84 Å². The Morgan fingerprint density at radius 2 is 2.16 bits per heavy atom. The highest BCUT2D eigenvalue weighted by Crippen LogP contribution is 2.27. The number of aromatic nitrogens is 1. The number of carbonyl (C=O) groups is 1. The monoisotopic (exact) mass is 259 g/mol. The first-order chi connectivity index (χ1) is 9.13. The van der Waals surface area contributed by atoms with Crippen molar-refractivity contribution in [3.8, 4) is 5.75 Å². The van der Waals surface area contributed by atoms with E-state index in [1.54, 1.807) is 18.2 Å². The molecule has 0 saturated heterocycles. The zero-order valence-electron chi connectivity index (χ0n) is 11.1. The van der Waals surface area contributed by atoms with Crippen LogP contribution < -0.4 is 4.74 Å². The van der Waals surface area contributed by atoms with Gasteiger partial charge in [0.25, 0.3) is 0 Å². The molecule has 19 heavy (non-hydrogen) atoms. The topological polar surface area (TPSA) is 59.4 Å². The van der Waals surface area contributed by atoms with Crippen molar-refractivity contribution in [1.29, 1.82) is 0 Å². The van der Waals surface area contributed by atoms with E-state index in [1.807, 2.05) is 13.0 Å². The molecule has 0 saturated carbocycles. The van der Waals surface area contributed by atoms with Crippen LogP contribution in [0, 0.1) is 0 Å². The highest BCUT2D eigenvalue weighted by molar-refractivity contribution is 6.04. The van der Waals surface area contributed by atoms with Crippen molar-refractivity contribution >= 4 is 16.9 Å². The van der Waals surface area contributed by atoms with E-state index in [1.165, 1.54) is 6.20 Å². The molecular weight excluding hydrogens is 242 g/mol. The van der Waals surface area contributed by atoms with Crippen LogP contribution in [-0.4, -0.2) is 22.2 Å². The lowest BCUT2D eigenvalue weighted by Crippen LogP contribution is -2.14. The molecule has 0 aliphatic rings. The van der Waals surface area contributed by atoms with Gasteiger partial charge in [0.2, 0.25) is 0 Å². The lowest BCUT2D eigenvalue weighted by atomic mass is 10.1. The molecule has 0 spiro atoms. The maximum absolute atomic E-state index is 11.5. The molecule has 0 bridgehead atoms. The standard InChI is InChI=1S/C15H17NO3/c1-3-6-10(2)19-13-9-16-12-8-5-4-7-11(12)14(13)15(17)18/h4-5,7-10H,3,6H2,1-2H3,(H,17,18). The highest BCUT2D eigenvalue weighted by Gasteiger charge is 2.18. The fraction of sp³-hybridized carbons (Fsp3) is 0.333. The zero-order chi connectivity index (χ0) is 13.8. The van der Waals surface area contributed by atoms with Crippen LogP contribution in [0.3, 0.4) is 0 Å². The van der Waals surface area contributed by atoms with Crippen molar-refractivity contribution in [1.82, 2.24) is 4.98 Å². The Balaban J connectivity index is 2.49. The van der Waals surface area contributed by atoms with Crippen molar-refractivity contribution < 1.29 is 14.6 Å². The van der Waals surface area contributed by atoms with Gasteiger partial charge in [-0.25, -0.2) is 4.79 Å². The molecule has 100 valence electrons. The predicted octanol–water partition coefficient (Wildman–Crippen LogP) is 3.50. The molecule has 4 nitrogen and oxygen atoms in total. The Morgan fingerprint density at radius 1 is 1.42 bits per heavy atom. The molecular formula is C15H17NO3. The molecule has 1 unspecified atom stereocenters. The van der Waals surface area contributed by atoms with Gasteiger partial charge in [-0.3, -0.25) is 4.98 Å². The summed E-state index contributed by atoms with van der Waals surface area (Å²) >= 11 is 0. The Morgan fingerprint density at radius 3 is 2.84 bits per heavy atom. The third kappa shape index (κ3) is 2.84. The number of para-hydroxylation sites is 1. The normalized spacial score (nSPS) is 12.3. The summed E-state index contributed by atoms with van der Waals surface area (Å²) in [6.45, 7) is 4.00. The molecule has 0 radical (unpaired) electrons. The van der Waals surface area contributed by atoms with Crippen LogP contribution in [0.15, 0.2) is 30.5 Å².